The van der Waals surface area contributed by atoms with E-state index in [9.17, 15) is 19.1 Å². The third kappa shape index (κ3) is 4.05. The number of carboxylic acids is 1. The Bertz CT molecular complexity index is 1900. The minimum Gasteiger partial charge on any atom is -0.477 e. The van der Waals surface area contributed by atoms with Crippen LogP contribution in [-0.2, 0) is 13.5 Å². The monoisotopic (exact) mass is 586 g/mol. The fourth-order valence-electron chi connectivity index (χ4n) is 7.49. The van der Waals surface area contributed by atoms with E-state index in [0.29, 0.717) is 58.8 Å². The molecule has 4 aromatic rings. The number of pyridine rings is 3. The first kappa shape index (κ1) is 27.5. The molecule has 7 rings (SSSR count). The first-order valence-electron chi connectivity index (χ1n) is 14.5. The first-order chi connectivity index (χ1) is 20.6. The maximum Gasteiger partial charge on any atom is 0.341 e. The SMILES string of the molecule is CNc1cc(F)c(F)c2c1Cc1ncc(-c3cnc4c(c3)c(=O)c(C(=O)O)cn4C)c(N3CCC4(CCCN4C)CC3)c1-2. The highest BCUT2D eigenvalue weighted by atomic mass is 19.2. The van der Waals surface area contributed by atoms with Gasteiger partial charge in [0, 0.05) is 91.7 Å². The van der Waals surface area contributed by atoms with Gasteiger partial charge in [-0.3, -0.25) is 9.78 Å². The van der Waals surface area contributed by atoms with E-state index in [1.165, 1.54) is 16.8 Å². The number of aromatic nitrogens is 3. The number of anilines is 2. The van der Waals surface area contributed by atoms with Gasteiger partial charge in [-0.25, -0.2) is 18.6 Å². The summed E-state index contributed by atoms with van der Waals surface area (Å²) >= 11 is 0. The van der Waals surface area contributed by atoms with Crippen LogP contribution in [0.5, 0.6) is 0 Å². The maximum absolute atomic E-state index is 15.7. The first-order valence-corrected chi connectivity index (χ1v) is 14.5. The number of rotatable bonds is 4. The van der Waals surface area contributed by atoms with Gasteiger partial charge in [0.05, 0.1) is 16.8 Å². The smallest absolute Gasteiger partial charge is 0.341 e. The van der Waals surface area contributed by atoms with Crippen molar-refractivity contribution in [2.24, 2.45) is 7.05 Å². The summed E-state index contributed by atoms with van der Waals surface area (Å²) in [6.45, 7) is 2.49. The maximum atomic E-state index is 15.7. The molecule has 2 fully saturated rings. The second-order valence-electron chi connectivity index (χ2n) is 12.0. The molecule has 3 aliphatic rings. The van der Waals surface area contributed by atoms with Crippen molar-refractivity contribution in [1.82, 2.24) is 19.4 Å². The second kappa shape index (κ2) is 9.84. The topological polar surface area (TPSA) is 104 Å². The van der Waals surface area contributed by atoms with Crippen LogP contribution in [-0.4, -0.2) is 69.8 Å². The van der Waals surface area contributed by atoms with Crippen molar-refractivity contribution in [1.29, 1.82) is 0 Å². The van der Waals surface area contributed by atoms with Crippen molar-refractivity contribution >= 4 is 28.4 Å². The quantitative estimate of drug-likeness (QED) is 0.314. The summed E-state index contributed by atoms with van der Waals surface area (Å²) in [7, 11) is 5.50. The Labute approximate surface area is 246 Å². The van der Waals surface area contributed by atoms with Crippen LogP contribution in [0.1, 0.15) is 47.3 Å². The lowest BCUT2D eigenvalue weighted by atomic mass is 9.84. The van der Waals surface area contributed by atoms with Crippen LogP contribution < -0.4 is 15.6 Å². The largest absolute Gasteiger partial charge is 0.477 e. The predicted octanol–water partition coefficient (Wildman–Crippen LogP) is 4.65. The molecule has 2 N–H and O–H groups in total. The van der Waals surface area contributed by atoms with Gasteiger partial charge in [0.15, 0.2) is 11.6 Å². The molecular formula is C32H32F2N6O3. The van der Waals surface area contributed by atoms with E-state index in [-0.39, 0.29) is 22.1 Å². The third-order valence-corrected chi connectivity index (χ3v) is 9.83. The zero-order valence-electron chi connectivity index (χ0n) is 24.3. The van der Waals surface area contributed by atoms with E-state index in [0.717, 1.165) is 37.9 Å². The van der Waals surface area contributed by atoms with Crippen LogP contribution in [0.15, 0.2) is 35.5 Å². The molecule has 5 heterocycles. The highest BCUT2D eigenvalue weighted by Crippen LogP contribution is 2.51. The van der Waals surface area contributed by atoms with Crippen LogP contribution in [0.25, 0.3) is 33.3 Å². The number of piperidine rings is 1. The Hall–Kier alpha value is -4.38. The van der Waals surface area contributed by atoms with Gasteiger partial charge in [-0.05, 0) is 50.9 Å². The highest BCUT2D eigenvalue weighted by molar-refractivity contribution is 5.98. The summed E-state index contributed by atoms with van der Waals surface area (Å²) in [5.74, 6) is -3.16. The molecule has 3 aromatic heterocycles. The molecule has 2 aliphatic heterocycles. The summed E-state index contributed by atoms with van der Waals surface area (Å²) in [4.78, 5) is 39.0. The predicted molar refractivity (Wildman–Crippen MR) is 161 cm³/mol. The van der Waals surface area contributed by atoms with Crippen molar-refractivity contribution in [3.05, 3.63) is 69.4 Å². The summed E-state index contributed by atoms with van der Waals surface area (Å²) in [6, 6.07) is 2.82. The van der Waals surface area contributed by atoms with Gasteiger partial charge in [-0.15, -0.1) is 0 Å². The molecule has 2 saturated heterocycles. The molecule has 1 aromatic carbocycles. The van der Waals surface area contributed by atoms with E-state index in [1.807, 2.05) is 0 Å². The van der Waals surface area contributed by atoms with Gasteiger partial charge in [0.2, 0.25) is 5.43 Å². The molecule has 43 heavy (non-hydrogen) atoms. The molecule has 0 amide bonds. The van der Waals surface area contributed by atoms with Gasteiger partial charge in [0.1, 0.15) is 11.2 Å². The molecule has 222 valence electrons. The number of hydrogen-bond acceptors (Lipinski definition) is 7. The molecule has 9 nitrogen and oxygen atoms in total. The Balaban J connectivity index is 1.46. The minimum atomic E-state index is -1.32. The number of carboxylic acid groups (broad SMARTS) is 1. The number of aromatic carboxylic acids is 1. The molecule has 1 aliphatic carbocycles. The van der Waals surface area contributed by atoms with E-state index in [2.05, 4.69) is 27.1 Å². The van der Waals surface area contributed by atoms with Crippen molar-refractivity contribution in [3.63, 3.8) is 0 Å². The van der Waals surface area contributed by atoms with E-state index >= 15 is 4.39 Å². The normalized spacial score (nSPS) is 17.5. The Morgan fingerprint density at radius 1 is 1.05 bits per heavy atom. The molecule has 1 spiro atoms. The standard InChI is InChI=1S/C32H32F2N6O3/c1-35-23-13-22(33)27(34)25-18(23)12-24-26(25)28(40-9-6-32(7-10-40)5-4-8-39(32)3)20(15-36-24)17-11-19-29(41)21(31(42)43)16-38(2)30(19)37-14-17/h11,13-16,35H,4-10,12H2,1-3H3,(H,42,43). The highest BCUT2D eigenvalue weighted by Gasteiger charge is 2.42. The van der Waals surface area contributed by atoms with Crippen molar-refractivity contribution < 1.29 is 18.7 Å². The van der Waals surface area contributed by atoms with Gasteiger partial charge in [0.25, 0.3) is 0 Å². The molecule has 0 bridgehead atoms. The second-order valence-corrected chi connectivity index (χ2v) is 12.0. The van der Waals surface area contributed by atoms with E-state index in [4.69, 9.17) is 4.98 Å². The number of carbonyl (C=O) groups is 1. The van der Waals surface area contributed by atoms with Crippen LogP contribution >= 0.6 is 0 Å². The number of nitrogens with zero attached hydrogens (tertiary/aromatic N) is 5. The van der Waals surface area contributed by atoms with Gasteiger partial charge >= 0.3 is 5.97 Å². The molecule has 0 saturated carbocycles. The lowest BCUT2D eigenvalue weighted by molar-refractivity contribution is 0.0695. The average Bonchev–Trinajstić information content (AvgIpc) is 3.57. The Kier molecular flexibility index (Phi) is 6.28. The van der Waals surface area contributed by atoms with Crippen LogP contribution in [0.2, 0.25) is 0 Å². The number of hydrogen-bond donors (Lipinski definition) is 2. The van der Waals surface area contributed by atoms with Crippen molar-refractivity contribution in [3.8, 4) is 22.3 Å². The van der Waals surface area contributed by atoms with Crippen molar-refractivity contribution in [2.75, 3.05) is 43.9 Å². The number of likely N-dealkylation sites (tertiary alicyclic amines) is 1. The zero-order valence-corrected chi connectivity index (χ0v) is 24.3. The lowest BCUT2D eigenvalue weighted by Gasteiger charge is -2.45. The van der Waals surface area contributed by atoms with Gasteiger partial charge < -0.3 is 24.8 Å². The fraction of sp³-hybridized carbons (Fsp3) is 0.375. The molecule has 0 atom stereocenters. The third-order valence-electron chi connectivity index (χ3n) is 9.83. The van der Waals surface area contributed by atoms with Crippen molar-refractivity contribution in [2.45, 2.75) is 37.6 Å². The number of nitrogens with one attached hydrogen (secondary N) is 1. The summed E-state index contributed by atoms with van der Waals surface area (Å²) < 4.78 is 32.2. The summed E-state index contributed by atoms with van der Waals surface area (Å²) in [5, 5.41) is 12.8. The van der Waals surface area contributed by atoms with Crippen LogP contribution in [0.3, 0.4) is 0 Å². The zero-order chi connectivity index (χ0) is 30.2. The fourth-order valence-corrected chi connectivity index (χ4v) is 7.49. The van der Waals surface area contributed by atoms with Gasteiger partial charge in [-0.2, -0.15) is 0 Å². The van der Waals surface area contributed by atoms with Crippen LogP contribution in [0, 0.1) is 11.6 Å². The Morgan fingerprint density at radius 2 is 1.81 bits per heavy atom. The number of fused-ring (bicyclic) bond motifs is 4. The van der Waals surface area contributed by atoms with Gasteiger partial charge in [-0.1, -0.05) is 0 Å². The molecular weight excluding hydrogens is 554 g/mol. The number of benzene rings is 1. The average molecular weight is 587 g/mol. The minimum absolute atomic E-state index is 0.130. The summed E-state index contributed by atoms with van der Waals surface area (Å²) in [6.07, 6.45) is 9.11. The molecule has 11 heteroatoms. The number of aryl methyl sites for hydroxylation is 1. The van der Waals surface area contributed by atoms with E-state index in [1.54, 1.807) is 32.6 Å². The molecule has 0 radical (unpaired) electrons. The van der Waals surface area contributed by atoms with E-state index < -0.39 is 23.0 Å². The van der Waals surface area contributed by atoms with Crippen LogP contribution in [0.4, 0.5) is 20.2 Å². The lowest BCUT2D eigenvalue weighted by Crippen LogP contribution is -2.51. The number of halogens is 2. The molecule has 0 unspecified atom stereocenters. The Morgan fingerprint density at radius 3 is 2.49 bits per heavy atom. The summed E-state index contributed by atoms with van der Waals surface area (Å²) in [5.41, 5.74) is 4.00.